The number of sulfonamides is 1. The zero-order valence-corrected chi connectivity index (χ0v) is 24.6. The van der Waals surface area contributed by atoms with Gasteiger partial charge in [0, 0.05) is 55.6 Å². The molecule has 3 aromatic rings. The lowest BCUT2D eigenvalue weighted by atomic mass is 9.99. The molecule has 208 valence electrons. The minimum atomic E-state index is -3.60. The second-order valence-corrected chi connectivity index (χ2v) is 13.1. The van der Waals surface area contributed by atoms with Crippen molar-refractivity contribution in [3.8, 4) is 5.75 Å². The van der Waals surface area contributed by atoms with Crippen molar-refractivity contribution in [3.63, 3.8) is 0 Å². The molecule has 3 heterocycles. The lowest BCUT2D eigenvalue weighted by Gasteiger charge is -2.36. The van der Waals surface area contributed by atoms with Crippen molar-refractivity contribution in [1.82, 2.24) is 14.2 Å². The molecule has 0 N–H and O–H groups in total. The second-order valence-electron chi connectivity index (χ2n) is 9.84. The van der Waals surface area contributed by atoms with Crippen LogP contribution in [0.3, 0.4) is 0 Å². The maximum Gasteiger partial charge on any atom is 0.273 e. The van der Waals surface area contributed by atoms with E-state index in [0.29, 0.717) is 56.3 Å². The number of nitrogens with zero attached hydrogens (tertiary/aromatic N) is 4. The highest BCUT2D eigenvalue weighted by Gasteiger charge is 2.32. The van der Waals surface area contributed by atoms with E-state index in [9.17, 15) is 13.2 Å². The van der Waals surface area contributed by atoms with Gasteiger partial charge in [0.2, 0.25) is 10.0 Å². The number of piperidine rings is 1. The number of hydrogen-bond acceptors (Lipinski definition) is 7. The Morgan fingerprint density at radius 2 is 1.79 bits per heavy atom. The number of piperazine rings is 1. The number of rotatable bonds is 7. The Morgan fingerprint density at radius 1 is 1.08 bits per heavy atom. The Balaban J connectivity index is 1.17. The van der Waals surface area contributed by atoms with Gasteiger partial charge in [-0.15, -0.1) is 11.3 Å². The number of carbonyl (C=O) groups excluding carboxylic acids is 1. The molecule has 0 radical (unpaired) electrons. The monoisotopic (exact) mass is 588 g/mol. The van der Waals surface area contributed by atoms with Crippen LogP contribution in [0.2, 0.25) is 5.02 Å². The van der Waals surface area contributed by atoms with Crippen molar-refractivity contribution in [2.75, 3.05) is 50.8 Å². The number of anilines is 1. The molecule has 0 spiro atoms. The van der Waals surface area contributed by atoms with Gasteiger partial charge in [0.05, 0.1) is 22.2 Å². The predicted molar refractivity (Wildman–Crippen MR) is 155 cm³/mol. The number of amides is 1. The third kappa shape index (κ3) is 5.94. The smallest absolute Gasteiger partial charge is 0.273 e. The van der Waals surface area contributed by atoms with Crippen molar-refractivity contribution in [2.24, 2.45) is 0 Å². The maximum absolute atomic E-state index is 13.2. The van der Waals surface area contributed by atoms with E-state index in [1.807, 2.05) is 42.3 Å². The van der Waals surface area contributed by atoms with Crippen LogP contribution in [-0.2, 0) is 10.0 Å². The van der Waals surface area contributed by atoms with Crippen molar-refractivity contribution in [1.29, 1.82) is 0 Å². The zero-order valence-electron chi connectivity index (χ0n) is 22.2. The van der Waals surface area contributed by atoms with E-state index in [1.165, 1.54) is 21.7 Å². The van der Waals surface area contributed by atoms with Crippen LogP contribution in [0.4, 0.5) is 5.69 Å². The number of halogens is 1. The fraction of sp³-hybridized carbons (Fsp3) is 0.429. The largest absolute Gasteiger partial charge is 0.492 e. The third-order valence-corrected chi connectivity index (χ3v) is 10.7. The van der Waals surface area contributed by atoms with E-state index < -0.39 is 10.0 Å². The third-order valence-electron chi connectivity index (χ3n) is 7.40. The van der Waals surface area contributed by atoms with Gasteiger partial charge in [-0.2, -0.15) is 4.31 Å². The van der Waals surface area contributed by atoms with E-state index in [2.05, 4.69) is 11.0 Å². The van der Waals surface area contributed by atoms with E-state index in [-0.39, 0.29) is 16.7 Å². The van der Waals surface area contributed by atoms with Crippen LogP contribution in [0.5, 0.6) is 5.75 Å². The lowest BCUT2D eigenvalue weighted by molar-refractivity contribution is 0.0741. The Morgan fingerprint density at radius 3 is 2.49 bits per heavy atom. The summed E-state index contributed by atoms with van der Waals surface area (Å²) in [4.78, 5) is 22.3. The fourth-order valence-corrected chi connectivity index (χ4v) is 7.81. The van der Waals surface area contributed by atoms with Crippen molar-refractivity contribution >= 4 is 44.6 Å². The van der Waals surface area contributed by atoms with Gasteiger partial charge in [0.15, 0.2) is 0 Å². The highest BCUT2D eigenvalue weighted by Crippen LogP contribution is 2.34. The van der Waals surface area contributed by atoms with Crippen LogP contribution in [0.1, 0.15) is 46.7 Å². The number of ether oxygens (including phenoxy) is 1. The summed E-state index contributed by atoms with van der Waals surface area (Å²) < 4.78 is 33.5. The predicted octanol–water partition coefficient (Wildman–Crippen LogP) is 5.03. The number of carbonyl (C=O) groups is 1. The highest BCUT2D eigenvalue weighted by molar-refractivity contribution is 7.89. The molecule has 39 heavy (non-hydrogen) atoms. The number of benzene rings is 2. The van der Waals surface area contributed by atoms with Crippen LogP contribution in [0.15, 0.2) is 52.7 Å². The van der Waals surface area contributed by atoms with Crippen LogP contribution >= 0.6 is 22.9 Å². The topological polar surface area (TPSA) is 83.0 Å². The summed E-state index contributed by atoms with van der Waals surface area (Å²) in [6.45, 7) is 7.94. The number of hydrogen-bond donors (Lipinski definition) is 0. The fourth-order valence-electron chi connectivity index (χ4n) is 5.11. The Hall–Kier alpha value is -2.66. The molecule has 5 rings (SSSR count). The van der Waals surface area contributed by atoms with E-state index in [1.54, 1.807) is 12.1 Å². The zero-order chi connectivity index (χ0) is 27.6. The first-order valence-corrected chi connectivity index (χ1v) is 16.0. The molecule has 8 nitrogen and oxygen atoms in total. The molecule has 1 amide bonds. The summed E-state index contributed by atoms with van der Waals surface area (Å²) in [6, 6.07) is 12.9. The number of para-hydroxylation sites is 2. The summed E-state index contributed by atoms with van der Waals surface area (Å²) in [7, 11) is -3.60. The molecule has 0 unspecified atom stereocenters. The molecule has 2 saturated heterocycles. The van der Waals surface area contributed by atoms with Gasteiger partial charge in [0.1, 0.15) is 11.4 Å². The first-order valence-electron chi connectivity index (χ1n) is 13.3. The maximum atomic E-state index is 13.2. The molecule has 0 aliphatic carbocycles. The summed E-state index contributed by atoms with van der Waals surface area (Å²) >= 11 is 7.66. The molecule has 2 aliphatic heterocycles. The van der Waals surface area contributed by atoms with Crippen molar-refractivity contribution < 1.29 is 17.9 Å². The van der Waals surface area contributed by atoms with Gasteiger partial charge in [-0.3, -0.25) is 4.79 Å². The standard InChI is InChI=1S/C28H33ClN4O4S2/c1-3-37-26-7-5-4-6-25(26)31-14-16-32(17-15-31)28(34)24-19-38-27(30-24)21-10-12-33(13-11-21)39(35,36)22-9-8-20(2)23(29)18-22/h4-9,18-19,21H,3,10-17H2,1-2H3. The molecule has 11 heteroatoms. The minimum absolute atomic E-state index is 0.0495. The molecule has 2 aliphatic rings. The van der Waals surface area contributed by atoms with Crippen LogP contribution in [0.25, 0.3) is 0 Å². The normalized spacial score (nSPS) is 17.4. The molecule has 1 aromatic heterocycles. The molecule has 0 saturated carbocycles. The van der Waals surface area contributed by atoms with Gasteiger partial charge in [-0.05, 0) is 56.5 Å². The van der Waals surface area contributed by atoms with E-state index in [0.717, 1.165) is 35.1 Å². The van der Waals surface area contributed by atoms with E-state index in [4.69, 9.17) is 21.3 Å². The first kappa shape index (κ1) is 27.9. The van der Waals surface area contributed by atoms with Crippen LogP contribution in [0, 0.1) is 6.92 Å². The van der Waals surface area contributed by atoms with Gasteiger partial charge in [-0.1, -0.05) is 29.8 Å². The van der Waals surface area contributed by atoms with Gasteiger partial charge in [0.25, 0.3) is 5.91 Å². The SMILES string of the molecule is CCOc1ccccc1N1CCN(C(=O)c2csc(C3CCN(S(=O)(=O)c4ccc(C)c(Cl)c4)CC3)n2)CC1. The average molecular weight is 589 g/mol. The summed E-state index contributed by atoms with van der Waals surface area (Å²) in [5.74, 6) is 0.952. The molecular formula is C28H33ClN4O4S2. The Kier molecular flexibility index (Phi) is 8.46. The van der Waals surface area contributed by atoms with Crippen molar-refractivity contribution in [3.05, 3.63) is 69.1 Å². The summed E-state index contributed by atoms with van der Waals surface area (Å²) in [5.41, 5.74) is 2.38. The van der Waals surface area contributed by atoms with Gasteiger partial charge >= 0.3 is 0 Å². The minimum Gasteiger partial charge on any atom is -0.492 e. The van der Waals surface area contributed by atoms with Crippen LogP contribution < -0.4 is 9.64 Å². The van der Waals surface area contributed by atoms with Crippen molar-refractivity contribution in [2.45, 2.75) is 37.5 Å². The first-order chi connectivity index (χ1) is 18.8. The summed E-state index contributed by atoms with van der Waals surface area (Å²) in [5, 5.41) is 3.19. The number of aryl methyl sites for hydroxylation is 1. The van der Waals surface area contributed by atoms with Gasteiger partial charge < -0.3 is 14.5 Å². The Bertz CT molecular complexity index is 1430. The Labute approximate surface area is 239 Å². The molecule has 0 atom stereocenters. The molecule has 0 bridgehead atoms. The van der Waals surface area contributed by atoms with E-state index >= 15 is 0 Å². The summed E-state index contributed by atoms with van der Waals surface area (Å²) in [6.07, 6.45) is 1.33. The average Bonchev–Trinajstić information content (AvgIpc) is 3.45. The lowest BCUT2D eigenvalue weighted by Crippen LogP contribution is -2.49. The number of thiazole rings is 1. The quantitative estimate of drug-likeness (QED) is 0.385. The molecule has 2 aromatic carbocycles. The van der Waals surface area contributed by atoms with Gasteiger partial charge in [-0.25, -0.2) is 13.4 Å². The molecule has 2 fully saturated rings. The number of aromatic nitrogens is 1. The highest BCUT2D eigenvalue weighted by atomic mass is 35.5. The van der Waals surface area contributed by atoms with Crippen LogP contribution in [-0.4, -0.2) is 74.4 Å². The second kappa shape index (κ2) is 11.8. The molecular weight excluding hydrogens is 556 g/mol.